The Balaban J connectivity index is 0.000000161. The van der Waals surface area contributed by atoms with Crippen molar-refractivity contribution in [3.05, 3.63) is 48.0 Å². The van der Waals surface area contributed by atoms with Crippen LogP contribution in [0.15, 0.2) is 36.4 Å². The Labute approximate surface area is 156 Å². The smallest absolute Gasteiger partial charge is 0.348 e. The average Bonchev–Trinajstić information content (AvgIpc) is 2.68. The third-order valence-electron chi connectivity index (χ3n) is 3.71. The maximum Gasteiger partial charge on any atom is 0.348 e. The maximum absolute atomic E-state index is 13.1. The lowest BCUT2D eigenvalue weighted by Gasteiger charge is -2.23. The van der Waals surface area contributed by atoms with Gasteiger partial charge in [-0.05, 0) is 24.3 Å². The van der Waals surface area contributed by atoms with Gasteiger partial charge in [-0.15, -0.1) is 0 Å². The molecule has 8 nitrogen and oxygen atoms in total. The van der Waals surface area contributed by atoms with Crippen molar-refractivity contribution in [1.29, 1.82) is 0 Å². The van der Waals surface area contributed by atoms with Crippen molar-refractivity contribution >= 4 is 11.9 Å². The number of halogens is 2. The summed E-state index contributed by atoms with van der Waals surface area (Å²) >= 11 is 0. The van der Waals surface area contributed by atoms with E-state index in [0.717, 1.165) is 0 Å². The molecule has 0 saturated heterocycles. The number of ether oxygens (including phenoxy) is 4. The largest absolute Gasteiger partial charge is 0.485 e. The quantitative estimate of drug-likeness (QED) is 0.794. The fourth-order valence-corrected chi connectivity index (χ4v) is 2.37. The van der Waals surface area contributed by atoms with Gasteiger partial charge >= 0.3 is 11.9 Å². The number of rotatable bonds is 2. The van der Waals surface area contributed by atoms with Gasteiger partial charge < -0.3 is 29.2 Å². The summed E-state index contributed by atoms with van der Waals surface area (Å²) in [7, 11) is 0. The number of carboxylic acid groups (broad SMARTS) is 2. The van der Waals surface area contributed by atoms with Gasteiger partial charge in [-0.3, -0.25) is 0 Å². The second-order valence-electron chi connectivity index (χ2n) is 5.65. The van der Waals surface area contributed by atoms with Gasteiger partial charge in [0, 0.05) is 0 Å². The van der Waals surface area contributed by atoms with Crippen LogP contribution in [-0.2, 0) is 9.59 Å². The van der Waals surface area contributed by atoms with Crippen LogP contribution in [0.5, 0.6) is 23.0 Å². The third kappa shape index (κ3) is 4.05. The molecule has 0 spiro atoms. The number of carbonyl (C=O) groups is 2. The first-order valence-electron chi connectivity index (χ1n) is 7.98. The minimum Gasteiger partial charge on any atom is -0.485 e. The molecule has 0 bridgehead atoms. The molecule has 2 N–H and O–H groups in total. The molecular formula is C18H14F2O8. The van der Waals surface area contributed by atoms with E-state index in [1.54, 1.807) is 0 Å². The minimum atomic E-state index is -1.17. The first-order chi connectivity index (χ1) is 13.4. The van der Waals surface area contributed by atoms with Crippen molar-refractivity contribution in [2.75, 3.05) is 13.2 Å². The molecule has 0 amide bonds. The topological polar surface area (TPSA) is 112 Å². The molecule has 2 aliphatic heterocycles. The zero-order valence-electron chi connectivity index (χ0n) is 14.1. The number of carboxylic acids is 2. The highest BCUT2D eigenvalue weighted by atomic mass is 19.1. The molecule has 2 aromatic carbocycles. The summed E-state index contributed by atoms with van der Waals surface area (Å²) in [5.41, 5.74) is 0. The molecule has 28 heavy (non-hydrogen) atoms. The average molecular weight is 396 g/mol. The van der Waals surface area contributed by atoms with Gasteiger partial charge in [0.05, 0.1) is 0 Å². The van der Waals surface area contributed by atoms with Crippen LogP contribution in [0.25, 0.3) is 0 Å². The van der Waals surface area contributed by atoms with Gasteiger partial charge in [-0.2, -0.15) is 0 Å². The fraction of sp³-hybridized carbons (Fsp3) is 0.222. The first-order valence-corrected chi connectivity index (χ1v) is 7.98. The highest BCUT2D eigenvalue weighted by Gasteiger charge is 2.29. The van der Waals surface area contributed by atoms with E-state index < -0.39 is 35.8 Å². The van der Waals surface area contributed by atoms with E-state index in [1.807, 2.05) is 0 Å². The molecule has 10 heteroatoms. The zero-order valence-corrected chi connectivity index (χ0v) is 14.1. The number of benzene rings is 2. The van der Waals surface area contributed by atoms with Crippen molar-refractivity contribution in [3.63, 3.8) is 0 Å². The fourth-order valence-electron chi connectivity index (χ4n) is 2.37. The van der Waals surface area contributed by atoms with Gasteiger partial charge in [-0.25, -0.2) is 18.4 Å². The van der Waals surface area contributed by atoms with Crippen molar-refractivity contribution in [2.24, 2.45) is 0 Å². The van der Waals surface area contributed by atoms with Crippen LogP contribution in [-0.4, -0.2) is 47.6 Å². The van der Waals surface area contributed by atoms with Gasteiger partial charge in [0.25, 0.3) is 0 Å². The molecule has 148 valence electrons. The zero-order chi connectivity index (χ0) is 20.3. The van der Waals surface area contributed by atoms with Crippen LogP contribution in [0, 0.1) is 11.6 Å². The molecule has 0 saturated carbocycles. The summed E-state index contributed by atoms with van der Waals surface area (Å²) in [5.74, 6) is -3.25. The van der Waals surface area contributed by atoms with Crippen LogP contribution in [0.2, 0.25) is 0 Å². The molecule has 2 heterocycles. The molecule has 0 fully saturated rings. The van der Waals surface area contributed by atoms with Gasteiger partial charge in [0.1, 0.15) is 13.2 Å². The summed E-state index contributed by atoms with van der Waals surface area (Å²) in [6, 6.07) is 8.31. The molecule has 0 radical (unpaired) electrons. The van der Waals surface area contributed by atoms with Crippen LogP contribution >= 0.6 is 0 Å². The molecule has 4 rings (SSSR count). The SMILES string of the molecule is O=C(O)C1COc2c(F)cccc2O1.O=C(O)C1COc2cccc(F)c2O1. The van der Waals surface area contributed by atoms with Crippen LogP contribution < -0.4 is 18.9 Å². The summed E-state index contributed by atoms with van der Waals surface area (Å²) in [4.78, 5) is 21.1. The van der Waals surface area contributed by atoms with Crippen molar-refractivity contribution < 1.29 is 47.5 Å². The Morgan fingerprint density at radius 1 is 0.786 bits per heavy atom. The maximum atomic E-state index is 13.1. The van der Waals surface area contributed by atoms with E-state index in [4.69, 9.17) is 29.2 Å². The van der Waals surface area contributed by atoms with Gasteiger partial charge in [0.15, 0.2) is 34.6 Å². The van der Waals surface area contributed by atoms with Crippen LogP contribution in [0.3, 0.4) is 0 Å². The second-order valence-corrected chi connectivity index (χ2v) is 5.65. The Morgan fingerprint density at radius 2 is 1.32 bits per heavy atom. The minimum absolute atomic E-state index is 0.0231. The van der Waals surface area contributed by atoms with E-state index in [2.05, 4.69) is 0 Å². The number of hydrogen-bond donors (Lipinski definition) is 2. The molecule has 2 aromatic rings. The Morgan fingerprint density at radius 3 is 1.96 bits per heavy atom. The standard InChI is InChI=1S/2C9H7FO4/c10-5-2-1-3-6-8(5)13-4-7(14-6)9(11)12;10-5-2-1-3-6-8(5)14-7(4-13-6)9(11)12/h2*1-3,7H,4H2,(H,11,12). The van der Waals surface area contributed by atoms with E-state index >= 15 is 0 Å². The molecule has 0 aromatic heterocycles. The number of fused-ring (bicyclic) bond motifs is 2. The lowest BCUT2D eigenvalue weighted by atomic mass is 10.2. The van der Waals surface area contributed by atoms with Crippen LogP contribution in [0.4, 0.5) is 8.78 Å². The molecule has 2 aliphatic rings. The summed E-state index contributed by atoms with van der Waals surface area (Å²) < 4.78 is 46.1. The Hall–Kier alpha value is -3.56. The lowest BCUT2D eigenvalue weighted by molar-refractivity contribution is -0.148. The number of aliphatic carboxylic acids is 2. The predicted octanol–water partition coefficient (Wildman–Crippen LogP) is 2.10. The Kier molecular flexibility index (Phi) is 5.48. The van der Waals surface area contributed by atoms with Gasteiger partial charge in [-0.1, -0.05) is 12.1 Å². The van der Waals surface area contributed by atoms with E-state index in [0.29, 0.717) is 0 Å². The van der Waals surface area contributed by atoms with E-state index in [9.17, 15) is 18.4 Å². The number of para-hydroxylation sites is 2. The normalized spacial score (nSPS) is 19.1. The lowest BCUT2D eigenvalue weighted by Crippen LogP contribution is -2.36. The molecule has 2 atom stereocenters. The second kappa shape index (κ2) is 7.99. The molecule has 0 aliphatic carbocycles. The molecular weight excluding hydrogens is 382 g/mol. The third-order valence-corrected chi connectivity index (χ3v) is 3.71. The predicted molar refractivity (Wildman–Crippen MR) is 87.9 cm³/mol. The summed E-state index contributed by atoms with van der Waals surface area (Å²) in [6.45, 7) is -0.283. The highest BCUT2D eigenvalue weighted by molar-refractivity contribution is 5.74. The monoisotopic (exact) mass is 396 g/mol. The van der Waals surface area contributed by atoms with Crippen molar-refractivity contribution in [1.82, 2.24) is 0 Å². The van der Waals surface area contributed by atoms with Crippen LogP contribution in [0.1, 0.15) is 0 Å². The first kappa shape index (κ1) is 19.2. The van der Waals surface area contributed by atoms with E-state index in [-0.39, 0.29) is 36.2 Å². The number of hydrogen-bond acceptors (Lipinski definition) is 6. The Bertz CT molecular complexity index is 901. The summed E-state index contributed by atoms with van der Waals surface area (Å²) in [5, 5.41) is 17.3. The van der Waals surface area contributed by atoms with Crippen molar-refractivity contribution in [2.45, 2.75) is 12.2 Å². The molecule has 2 unspecified atom stereocenters. The van der Waals surface area contributed by atoms with E-state index in [1.165, 1.54) is 36.4 Å². The summed E-state index contributed by atoms with van der Waals surface area (Å²) in [6.07, 6.45) is -2.20. The van der Waals surface area contributed by atoms with Gasteiger partial charge in [0.2, 0.25) is 12.2 Å². The van der Waals surface area contributed by atoms with Crippen molar-refractivity contribution in [3.8, 4) is 23.0 Å². The highest BCUT2D eigenvalue weighted by Crippen LogP contribution is 2.34.